The first kappa shape index (κ1) is 24.1. The van der Waals surface area contributed by atoms with Crippen LogP contribution in [-0.4, -0.2) is 17.5 Å². The molecule has 0 unspecified atom stereocenters. The summed E-state index contributed by atoms with van der Waals surface area (Å²) in [6, 6.07) is 0. The first-order chi connectivity index (χ1) is 33.4. The van der Waals surface area contributed by atoms with Crippen molar-refractivity contribution in [2.75, 3.05) is 0 Å². The highest BCUT2D eigenvalue weighted by molar-refractivity contribution is 6.82. The first-order valence-electron chi connectivity index (χ1n) is 25.1. The number of aliphatic hydroxyl groups is 1. The van der Waals surface area contributed by atoms with Gasteiger partial charge < -0.3 is 9.84 Å². The molecule has 2 heteroatoms. The Bertz CT molecular complexity index is 6980. The normalized spacial score (nSPS) is 27.0. The standard InChI is InChI=1S/C65H6O2/c66-63-3-1-2-4(67-63)65-61-55-49-39-31-21-13-9-6-5-7-11(13)19-27(21)41(49)47-37-29(19)23-15(7)16-8(5)12-14-10(6)18-17(9)25(31)35-36-26(18)32-22(14)28-20(12)30-24(16)34-33(23)43(37)51-52-44(34)38(30)48-42(28)50-40(32)46(36)58(57(61)45(35)39)62(65)56(50)54(48)60(52)64(3,65)59(51)53(47)55/h1-4,63,66H/t3-,4-,63+,64?,65?/m1/s1. The molecule has 5 aliphatic carbocycles. The van der Waals surface area contributed by atoms with Crippen molar-refractivity contribution in [1.29, 1.82) is 0 Å². The summed E-state index contributed by atoms with van der Waals surface area (Å²) < 4.78 is 7.37. The molecule has 0 aromatic heterocycles. The van der Waals surface area contributed by atoms with Gasteiger partial charge in [0.05, 0.1) is 16.9 Å². The minimum Gasteiger partial charge on any atom is -0.367 e. The minimum atomic E-state index is -0.871. The molecule has 2 spiro atoms. The van der Waals surface area contributed by atoms with E-state index in [9.17, 15) is 5.11 Å². The molecule has 1 N–H and O–H groups in total. The highest BCUT2D eigenvalue weighted by atomic mass is 16.6. The second-order valence-electron chi connectivity index (χ2n) is 25.2. The lowest BCUT2D eigenvalue weighted by molar-refractivity contribution is -0.221. The molecule has 2 bridgehead atoms. The Morgan fingerprint density at radius 2 is 0.388 bits per heavy atom. The maximum Gasteiger partial charge on any atom is 0.162 e. The van der Waals surface area contributed by atoms with Gasteiger partial charge in [-0.1, -0.05) is 12.2 Å². The van der Waals surface area contributed by atoms with Crippen molar-refractivity contribution in [3.05, 3.63) is 34.4 Å². The van der Waals surface area contributed by atoms with E-state index < -0.39 is 17.1 Å². The fraction of sp³-hybridized carbons (Fsp3) is 0.0769. The maximum atomic E-state index is 13.0. The molecule has 0 saturated carbocycles. The van der Waals surface area contributed by atoms with Crippen molar-refractivity contribution in [3.63, 3.8) is 0 Å². The molecule has 1 saturated heterocycles. The van der Waals surface area contributed by atoms with E-state index in [1.807, 2.05) is 0 Å². The average Bonchev–Trinajstić information content (AvgIpc) is 4.23. The van der Waals surface area contributed by atoms with Gasteiger partial charge in [0.25, 0.3) is 0 Å². The van der Waals surface area contributed by atoms with E-state index in [2.05, 4.69) is 12.2 Å². The summed E-state index contributed by atoms with van der Waals surface area (Å²) in [6.07, 6.45) is 3.83. The monoisotopic (exact) mass is 818 g/mol. The summed E-state index contributed by atoms with van der Waals surface area (Å²) in [7, 11) is 0. The summed E-state index contributed by atoms with van der Waals surface area (Å²) in [5.41, 5.74) is 5.49. The van der Waals surface area contributed by atoms with E-state index in [0.717, 1.165) is 0 Å². The Kier molecular flexibility index (Phi) is 1.88. The van der Waals surface area contributed by atoms with Gasteiger partial charge in [0.15, 0.2) is 6.29 Å². The molecule has 2 heterocycles. The zero-order valence-electron chi connectivity index (χ0n) is 33.7. The van der Waals surface area contributed by atoms with Gasteiger partial charge in [-0.05, 0) is 313 Å². The lowest BCUT2D eigenvalue weighted by Gasteiger charge is -2.65. The van der Waals surface area contributed by atoms with Crippen LogP contribution >= 0.6 is 0 Å². The summed E-state index contributed by atoms with van der Waals surface area (Å²) in [5, 5.41) is 100. The topological polar surface area (TPSA) is 29.5 Å². The van der Waals surface area contributed by atoms with Crippen molar-refractivity contribution in [2.45, 2.75) is 23.2 Å². The maximum absolute atomic E-state index is 13.0. The van der Waals surface area contributed by atoms with E-state index in [0.29, 0.717) is 0 Å². The van der Waals surface area contributed by atoms with E-state index in [1.165, 1.54) is 0 Å². The molecule has 2 nitrogen and oxygen atoms in total. The smallest absolute Gasteiger partial charge is 0.162 e. The largest absolute Gasteiger partial charge is 0.367 e. The number of hydrogen-bond donors (Lipinski definition) is 1. The van der Waals surface area contributed by atoms with Crippen molar-refractivity contribution in [2.24, 2.45) is 5.92 Å². The van der Waals surface area contributed by atoms with Gasteiger partial charge >= 0.3 is 0 Å². The molecule has 28 aromatic rings. The second kappa shape index (κ2) is 5.25. The van der Waals surface area contributed by atoms with Crippen LogP contribution in [-0.2, 0) is 15.6 Å². The predicted octanol–water partition coefficient (Wildman–Crippen LogP) is 16.2. The molecule has 278 valence electrons. The third kappa shape index (κ3) is 1.20. The molecule has 35 rings (SSSR count). The molecule has 0 radical (unpaired) electrons. The first-order valence-corrected chi connectivity index (χ1v) is 25.1. The quantitative estimate of drug-likeness (QED) is 0.122. The van der Waals surface area contributed by atoms with Gasteiger partial charge in [-0.25, -0.2) is 0 Å². The van der Waals surface area contributed by atoms with Crippen molar-refractivity contribution in [3.8, 4) is 0 Å². The number of benzene rings is 18. The van der Waals surface area contributed by atoms with Crippen LogP contribution in [0.15, 0.2) is 12.2 Å². The van der Waals surface area contributed by atoms with Gasteiger partial charge in [-0.15, -0.1) is 0 Å². The molecular formula is C65H6O2. The number of rotatable bonds is 0. The average molecular weight is 819 g/mol. The molecule has 67 heavy (non-hydrogen) atoms. The molecular weight excluding hydrogens is 813 g/mol. The summed E-state index contributed by atoms with van der Waals surface area (Å²) in [5.74, 6) is -0.201. The lowest BCUT2D eigenvalue weighted by Crippen LogP contribution is -2.69. The summed E-state index contributed by atoms with van der Waals surface area (Å²) >= 11 is 0. The number of hydrogen-bond acceptors (Lipinski definition) is 2. The SMILES string of the molecule is O[C@H]1O[C@@H]2C=C[C@H]1C13c4c5c6c7c8c9c(c%10c%11c1c1c4c4c%12c5c5c6c6c8c8c%13c9c9c%10c%10c%11c%11c1c1c4c4c%12c%12c5c5c6c8c6c8c%13c9c9c%10c%10c%11c1c1c4c4c%12c5c6c5c8c9c%10c1c45)C723. The van der Waals surface area contributed by atoms with E-state index >= 15 is 0 Å². The Balaban J connectivity index is 1.25. The fourth-order valence-electron chi connectivity index (χ4n) is 25.7. The predicted molar refractivity (Wildman–Crippen MR) is 277 cm³/mol. The third-order valence-electron chi connectivity index (χ3n) is 25.5. The zero-order chi connectivity index (χ0) is 39.3. The minimum absolute atomic E-state index is 0.201. The van der Waals surface area contributed by atoms with Crippen LogP contribution in [0.25, 0.3) is 291 Å². The molecule has 0 amide bonds. The Morgan fingerprint density at radius 1 is 0.224 bits per heavy atom. The van der Waals surface area contributed by atoms with E-state index in [4.69, 9.17) is 4.74 Å². The third-order valence-corrected chi connectivity index (χ3v) is 25.5. The molecule has 3 atom stereocenters. The molecule has 1 fully saturated rings. The number of ether oxygens (including phenoxy) is 1. The van der Waals surface area contributed by atoms with Crippen LogP contribution in [0.5, 0.6) is 0 Å². The Hall–Kier alpha value is -7.88. The highest BCUT2D eigenvalue weighted by Gasteiger charge is 2.77. The lowest BCUT2D eigenvalue weighted by atomic mass is 9.40. The fourth-order valence-corrected chi connectivity index (χ4v) is 25.7. The molecule has 2 aliphatic heterocycles. The number of fused-ring (bicyclic) bond motifs is 1. The zero-order valence-corrected chi connectivity index (χ0v) is 33.7. The summed E-state index contributed by atoms with van der Waals surface area (Å²) in [4.78, 5) is 0. The van der Waals surface area contributed by atoms with Crippen molar-refractivity contribution < 1.29 is 9.84 Å². The Morgan fingerprint density at radius 3 is 0.567 bits per heavy atom. The van der Waals surface area contributed by atoms with Crippen molar-refractivity contribution in [1.82, 2.24) is 0 Å². The van der Waals surface area contributed by atoms with Crippen LogP contribution in [0.3, 0.4) is 0 Å². The van der Waals surface area contributed by atoms with E-state index in [-0.39, 0.29) is 12.0 Å². The Labute approximate surface area is 362 Å². The van der Waals surface area contributed by atoms with Crippen LogP contribution in [0.2, 0.25) is 0 Å². The molecule has 28 aromatic carbocycles. The van der Waals surface area contributed by atoms with Gasteiger partial charge in [0.1, 0.15) is 0 Å². The van der Waals surface area contributed by atoms with Gasteiger partial charge in [0.2, 0.25) is 0 Å². The van der Waals surface area contributed by atoms with Crippen LogP contribution in [0, 0.1) is 5.92 Å². The van der Waals surface area contributed by atoms with Crippen LogP contribution in [0.4, 0.5) is 0 Å². The van der Waals surface area contributed by atoms with Crippen LogP contribution < -0.4 is 0 Å². The van der Waals surface area contributed by atoms with Gasteiger partial charge in [-0.2, -0.15) is 0 Å². The second-order valence-corrected chi connectivity index (χ2v) is 25.2. The van der Waals surface area contributed by atoms with E-state index in [1.54, 1.807) is 313 Å². The summed E-state index contributed by atoms with van der Waals surface area (Å²) in [6.45, 7) is 0. The highest BCUT2D eigenvalue weighted by Crippen LogP contribution is 2.87. The van der Waals surface area contributed by atoms with Gasteiger partial charge in [0, 0.05) is 5.92 Å². The number of aliphatic hydroxyl groups excluding tert-OH is 1. The van der Waals surface area contributed by atoms with Crippen molar-refractivity contribution >= 4 is 291 Å². The van der Waals surface area contributed by atoms with Gasteiger partial charge in [-0.3, -0.25) is 0 Å². The van der Waals surface area contributed by atoms with Crippen LogP contribution in [0.1, 0.15) is 22.3 Å². The molecule has 7 aliphatic rings.